The molecule has 0 aliphatic carbocycles. The van der Waals surface area contributed by atoms with Crippen LogP contribution in [0.5, 0.6) is 0 Å². The van der Waals surface area contributed by atoms with Crippen molar-refractivity contribution in [3.05, 3.63) is 42.5 Å². The molecule has 2 aromatic rings. The van der Waals surface area contributed by atoms with Crippen molar-refractivity contribution >= 4 is 22.4 Å². The van der Waals surface area contributed by atoms with Crippen LogP contribution in [0.25, 0.3) is 10.8 Å². The third-order valence-corrected chi connectivity index (χ3v) is 4.14. The Morgan fingerprint density at radius 2 is 2.09 bits per heavy atom. The van der Waals surface area contributed by atoms with Crippen LogP contribution in [-0.2, 0) is 9.53 Å². The van der Waals surface area contributed by atoms with Crippen LogP contribution < -0.4 is 5.32 Å². The molecular weight excluding hydrogens is 278 g/mol. The van der Waals surface area contributed by atoms with E-state index >= 15 is 0 Å². The van der Waals surface area contributed by atoms with Gasteiger partial charge in [-0.25, -0.2) is 0 Å². The molecule has 0 spiro atoms. The van der Waals surface area contributed by atoms with Gasteiger partial charge in [0.25, 0.3) is 0 Å². The second-order valence-corrected chi connectivity index (χ2v) is 5.84. The number of hydrogen-bond donors (Lipinski definition) is 2. The van der Waals surface area contributed by atoms with Crippen LogP contribution >= 0.6 is 0 Å². The summed E-state index contributed by atoms with van der Waals surface area (Å²) in [5.41, 5.74) is 0.988. The number of aliphatic carboxylic acids is 1. The summed E-state index contributed by atoms with van der Waals surface area (Å²) < 4.78 is 5.66. The first kappa shape index (κ1) is 14.9. The first-order valence-electron chi connectivity index (χ1n) is 7.80. The van der Waals surface area contributed by atoms with Gasteiger partial charge in [-0.3, -0.25) is 4.79 Å². The summed E-state index contributed by atoms with van der Waals surface area (Å²) in [6.45, 7) is 0.790. The molecule has 1 heterocycles. The van der Waals surface area contributed by atoms with Crippen molar-refractivity contribution in [1.82, 2.24) is 0 Å². The minimum absolute atomic E-state index is 0.100. The van der Waals surface area contributed by atoms with Gasteiger partial charge < -0.3 is 15.2 Å². The van der Waals surface area contributed by atoms with E-state index in [1.165, 1.54) is 0 Å². The molecule has 0 saturated carbocycles. The molecule has 3 rings (SSSR count). The molecule has 0 bridgehead atoms. The number of carboxylic acid groups (broad SMARTS) is 1. The summed E-state index contributed by atoms with van der Waals surface area (Å²) in [6, 6.07) is 14.1. The Morgan fingerprint density at radius 3 is 2.86 bits per heavy atom. The van der Waals surface area contributed by atoms with Crippen molar-refractivity contribution in [2.75, 3.05) is 11.9 Å². The molecule has 1 aliphatic rings. The normalized spacial score (nSPS) is 19.2. The molecule has 2 aromatic carbocycles. The summed E-state index contributed by atoms with van der Waals surface area (Å²) in [5.74, 6) is -0.782. The highest BCUT2D eigenvalue weighted by molar-refractivity contribution is 5.94. The number of carboxylic acids is 1. The molecule has 2 unspecified atom stereocenters. The van der Waals surface area contributed by atoms with E-state index in [1.54, 1.807) is 0 Å². The summed E-state index contributed by atoms with van der Waals surface area (Å²) in [4.78, 5) is 11.2. The van der Waals surface area contributed by atoms with Gasteiger partial charge in [0.05, 0.1) is 12.5 Å². The summed E-state index contributed by atoms with van der Waals surface area (Å²) >= 11 is 0. The molecule has 2 atom stereocenters. The van der Waals surface area contributed by atoms with E-state index in [1.807, 2.05) is 24.3 Å². The number of carbonyl (C=O) groups is 1. The lowest BCUT2D eigenvalue weighted by atomic mass is 10.0. The number of rotatable bonds is 6. The lowest BCUT2D eigenvalue weighted by Gasteiger charge is -2.22. The molecule has 116 valence electrons. The van der Waals surface area contributed by atoms with E-state index in [4.69, 9.17) is 9.84 Å². The van der Waals surface area contributed by atoms with E-state index in [0.717, 1.165) is 42.3 Å². The Labute approximate surface area is 130 Å². The molecule has 22 heavy (non-hydrogen) atoms. The molecule has 4 nitrogen and oxygen atoms in total. The van der Waals surface area contributed by atoms with Gasteiger partial charge in [-0.15, -0.1) is 0 Å². The topological polar surface area (TPSA) is 58.6 Å². The quantitative estimate of drug-likeness (QED) is 0.854. The zero-order valence-electron chi connectivity index (χ0n) is 12.5. The Hall–Kier alpha value is -2.07. The van der Waals surface area contributed by atoms with Crippen LogP contribution in [0.1, 0.15) is 25.7 Å². The zero-order valence-corrected chi connectivity index (χ0v) is 12.5. The highest BCUT2D eigenvalue weighted by Crippen LogP contribution is 2.26. The first-order chi connectivity index (χ1) is 10.7. The third kappa shape index (κ3) is 3.57. The number of hydrogen-bond acceptors (Lipinski definition) is 3. The monoisotopic (exact) mass is 299 g/mol. The first-order valence-corrected chi connectivity index (χ1v) is 7.80. The average Bonchev–Trinajstić information content (AvgIpc) is 3.00. The van der Waals surface area contributed by atoms with E-state index < -0.39 is 5.97 Å². The van der Waals surface area contributed by atoms with Gasteiger partial charge in [0, 0.05) is 23.7 Å². The fourth-order valence-corrected chi connectivity index (χ4v) is 3.12. The van der Waals surface area contributed by atoms with Gasteiger partial charge in [-0.1, -0.05) is 36.4 Å². The van der Waals surface area contributed by atoms with Crippen LogP contribution in [0.2, 0.25) is 0 Å². The fraction of sp³-hybridized carbons (Fsp3) is 0.389. The van der Waals surface area contributed by atoms with E-state index in [-0.39, 0.29) is 18.6 Å². The molecule has 4 heteroatoms. The van der Waals surface area contributed by atoms with Gasteiger partial charge in [0.15, 0.2) is 0 Å². The van der Waals surface area contributed by atoms with E-state index in [2.05, 4.69) is 23.5 Å². The summed E-state index contributed by atoms with van der Waals surface area (Å²) in [7, 11) is 0. The van der Waals surface area contributed by atoms with Crippen LogP contribution in [0.3, 0.4) is 0 Å². The van der Waals surface area contributed by atoms with Crippen molar-refractivity contribution in [2.45, 2.75) is 37.8 Å². The van der Waals surface area contributed by atoms with Gasteiger partial charge in [0.1, 0.15) is 0 Å². The fourth-order valence-electron chi connectivity index (χ4n) is 3.12. The lowest BCUT2D eigenvalue weighted by molar-refractivity contribution is -0.137. The molecule has 0 amide bonds. The van der Waals surface area contributed by atoms with Crippen molar-refractivity contribution < 1.29 is 14.6 Å². The van der Waals surface area contributed by atoms with Gasteiger partial charge in [-0.05, 0) is 30.7 Å². The van der Waals surface area contributed by atoms with E-state index in [9.17, 15) is 4.79 Å². The Morgan fingerprint density at radius 1 is 1.27 bits per heavy atom. The maximum Gasteiger partial charge on any atom is 0.305 e. The maximum atomic E-state index is 11.2. The predicted molar refractivity (Wildman–Crippen MR) is 87.2 cm³/mol. The largest absolute Gasteiger partial charge is 0.481 e. The van der Waals surface area contributed by atoms with Crippen molar-refractivity contribution in [1.29, 1.82) is 0 Å². The van der Waals surface area contributed by atoms with Gasteiger partial charge >= 0.3 is 5.97 Å². The summed E-state index contributed by atoms with van der Waals surface area (Å²) in [6.07, 6.45) is 3.09. The molecular formula is C18H21NO3. The molecule has 0 aromatic heterocycles. The predicted octanol–water partition coefficient (Wildman–Crippen LogP) is 3.66. The van der Waals surface area contributed by atoms with Crippen molar-refractivity contribution in [3.63, 3.8) is 0 Å². The SMILES string of the molecule is O=C(O)CC(CC1CCCO1)Nc1cccc2ccccc12. The Kier molecular flexibility index (Phi) is 4.59. The van der Waals surface area contributed by atoms with E-state index in [0.29, 0.717) is 0 Å². The van der Waals surface area contributed by atoms with Crippen molar-refractivity contribution in [3.8, 4) is 0 Å². The number of fused-ring (bicyclic) bond motifs is 1. The van der Waals surface area contributed by atoms with Gasteiger partial charge in [0.2, 0.25) is 0 Å². The lowest BCUT2D eigenvalue weighted by Crippen LogP contribution is -2.28. The number of ether oxygens (including phenoxy) is 1. The van der Waals surface area contributed by atoms with Crippen LogP contribution in [0.4, 0.5) is 5.69 Å². The van der Waals surface area contributed by atoms with Crippen molar-refractivity contribution in [2.24, 2.45) is 0 Å². The highest BCUT2D eigenvalue weighted by atomic mass is 16.5. The Balaban J connectivity index is 1.79. The second kappa shape index (κ2) is 6.79. The Bertz CT molecular complexity index is 644. The molecule has 2 N–H and O–H groups in total. The number of anilines is 1. The third-order valence-electron chi connectivity index (χ3n) is 4.14. The number of benzene rings is 2. The maximum absolute atomic E-state index is 11.2. The van der Waals surface area contributed by atoms with Gasteiger partial charge in [-0.2, -0.15) is 0 Å². The van der Waals surface area contributed by atoms with Crippen LogP contribution in [0.15, 0.2) is 42.5 Å². The standard InChI is InChI=1S/C18H21NO3/c20-18(21)12-14(11-15-7-4-10-22-15)19-17-9-3-6-13-5-1-2-8-16(13)17/h1-3,5-6,8-9,14-15,19H,4,7,10-12H2,(H,20,21). The van der Waals surface area contributed by atoms with Crippen LogP contribution in [0, 0.1) is 0 Å². The minimum Gasteiger partial charge on any atom is -0.481 e. The zero-order chi connectivity index (χ0) is 15.4. The number of nitrogens with one attached hydrogen (secondary N) is 1. The minimum atomic E-state index is -0.782. The van der Waals surface area contributed by atoms with Crippen LogP contribution in [-0.4, -0.2) is 29.8 Å². The average molecular weight is 299 g/mol. The molecule has 1 saturated heterocycles. The summed E-state index contributed by atoms with van der Waals surface area (Å²) in [5, 5.41) is 14.9. The second-order valence-electron chi connectivity index (χ2n) is 5.84. The molecule has 1 fully saturated rings. The molecule has 0 radical (unpaired) electrons. The molecule has 1 aliphatic heterocycles. The smallest absolute Gasteiger partial charge is 0.305 e. The highest BCUT2D eigenvalue weighted by Gasteiger charge is 2.23.